The van der Waals surface area contributed by atoms with Crippen molar-refractivity contribution in [2.75, 3.05) is 12.4 Å². The second kappa shape index (κ2) is 4.44. The number of rotatable bonds is 3. The lowest BCUT2D eigenvalue weighted by atomic mass is 10.3. The largest absolute Gasteiger partial charge is 0.372 e. The number of carbonyl (C=O) groups is 1. The molecule has 1 atom stereocenters. The van der Waals surface area contributed by atoms with E-state index in [4.69, 9.17) is 4.74 Å². The van der Waals surface area contributed by atoms with Gasteiger partial charge in [-0.05, 0) is 20.8 Å². The van der Waals surface area contributed by atoms with Gasteiger partial charge in [0.2, 0.25) is 0 Å². The Balaban J connectivity index is 2.85. The zero-order valence-electron chi connectivity index (χ0n) is 9.79. The molecule has 0 radical (unpaired) electrons. The van der Waals surface area contributed by atoms with Crippen LogP contribution in [-0.4, -0.2) is 28.9 Å². The molecule has 0 saturated carbocycles. The van der Waals surface area contributed by atoms with Crippen molar-refractivity contribution in [1.82, 2.24) is 9.78 Å². The van der Waals surface area contributed by atoms with E-state index in [9.17, 15) is 4.79 Å². The van der Waals surface area contributed by atoms with Crippen molar-refractivity contribution >= 4 is 11.6 Å². The first kappa shape index (κ1) is 11.7. The van der Waals surface area contributed by atoms with Crippen molar-refractivity contribution in [3.8, 4) is 0 Å². The predicted molar refractivity (Wildman–Crippen MR) is 57.8 cm³/mol. The number of methoxy groups -OCH3 is 1. The number of amides is 1. The molecule has 0 fully saturated rings. The summed E-state index contributed by atoms with van der Waals surface area (Å²) in [6.45, 7) is 5.48. The Morgan fingerprint density at radius 1 is 1.53 bits per heavy atom. The number of nitrogens with one attached hydrogen (secondary N) is 1. The SMILES string of the molecule is COC(C)C(=O)Nc1c(C)nn(C)c1C. The van der Waals surface area contributed by atoms with Gasteiger partial charge in [-0.2, -0.15) is 5.10 Å². The third-order valence-electron chi connectivity index (χ3n) is 2.48. The van der Waals surface area contributed by atoms with E-state index in [-0.39, 0.29) is 5.91 Å². The third kappa shape index (κ3) is 2.36. The quantitative estimate of drug-likeness (QED) is 0.811. The van der Waals surface area contributed by atoms with Crippen LogP contribution in [-0.2, 0) is 16.6 Å². The molecule has 0 bridgehead atoms. The van der Waals surface area contributed by atoms with E-state index in [1.54, 1.807) is 11.6 Å². The molecule has 0 aromatic carbocycles. The summed E-state index contributed by atoms with van der Waals surface area (Å²) in [5, 5.41) is 7.01. The fraction of sp³-hybridized carbons (Fsp3) is 0.600. The van der Waals surface area contributed by atoms with Gasteiger partial charge in [0, 0.05) is 14.2 Å². The van der Waals surface area contributed by atoms with E-state index in [0.29, 0.717) is 0 Å². The lowest BCUT2D eigenvalue weighted by Crippen LogP contribution is -2.27. The summed E-state index contributed by atoms with van der Waals surface area (Å²) in [7, 11) is 3.35. The minimum Gasteiger partial charge on any atom is -0.372 e. The maximum absolute atomic E-state index is 11.6. The number of aromatic nitrogens is 2. The van der Waals surface area contributed by atoms with E-state index in [2.05, 4.69) is 10.4 Å². The second-order valence-electron chi connectivity index (χ2n) is 3.54. The monoisotopic (exact) mass is 211 g/mol. The number of hydrogen-bond acceptors (Lipinski definition) is 3. The first-order valence-electron chi connectivity index (χ1n) is 4.81. The highest BCUT2D eigenvalue weighted by molar-refractivity contribution is 5.94. The molecule has 0 saturated heterocycles. The molecule has 84 valence electrons. The summed E-state index contributed by atoms with van der Waals surface area (Å²) >= 11 is 0. The van der Waals surface area contributed by atoms with Crippen molar-refractivity contribution in [2.24, 2.45) is 7.05 Å². The molecule has 1 amide bonds. The number of nitrogens with zero attached hydrogens (tertiary/aromatic N) is 2. The Kier molecular flexibility index (Phi) is 3.47. The zero-order valence-corrected chi connectivity index (χ0v) is 9.79. The molecular formula is C10H17N3O2. The average Bonchev–Trinajstić information content (AvgIpc) is 2.43. The van der Waals surface area contributed by atoms with Crippen LogP contribution >= 0.6 is 0 Å². The molecule has 5 heteroatoms. The highest BCUT2D eigenvalue weighted by Crippen LogP contribution is 2.18. The molecule has 1 rings (SSSR count). The van der Waals surface area contributed by atoms with Crippen LogP contribution in [0.25, 0.3) is 0 Å². The van der Waals surface area contributed by atoms with Gasteiger partial charge in [-0.15, -0.1) is 0 Å². The van der Waals surface area contributed by atoms with Crippen molar-refractivity contribution in [3.05, 3.63) is 11.4 Å². The molecule has 0 aliphatic heterocycles. The third-order valence-corrected chi connectivity index (χ3v) is 2.48. The molecule has 15 heavy (non-hydrogen) atoms. The molecule has 1 heterocycles. The van der Waals surface area contributed by atoms with Crippen LogP contribution in [0, 0.1) is 13.8 Å². The molecule has 1 aromatic rings. The van der Waals surface area contributed by atoms with E-state index in [1.807, 2.05) is 20.9 Å². The number of carbonyl (C=O) groups excluding carboxylic acids is 1. The van der Waals surface area contributed by atoms with Gasteiger partial charge in [-0.1, -0.05) is 0 Å². The van der Waals surface area contributed by atoms with Crippen molar-refractivity contribution in [3.63, 3.8) is 0 Å². The van der Waals surface area contributed by atoms with Gasteiger partial charge in [0.25, 0.3) is 5.91 Å². The molecule has 1 aromatic heterocycles. The Labute approximate surface area is 89.4 Å². The standard InChI is InChI=1S/C10H17N3O2/c1-6-9(7(2)13(4)12-6)11-10(14)8(3)15-5/h8H,1-5H3,(H,11,14). The minimum atomic E-state index is -0.455. The topological polar surface area (TPSA) is 56.1 Å². The zero-order chi connectivity index (χ0) is 11.6. The highest BCUT2D eigenvalue weighted by atomic mass is 16.5. The molecule has 0 aliphatic rings. The van der Waals surface area contributed by atoms with Crippen LogP contribution in [0.2, 0.25) is 0 Å². The number of hydrogen-bond donors (Lipinski definition) is 1. The van der Waals surface area contributed by atoms with E-state index < -0.39 is 6.10 Å². The van der Waals surface area contributed by atoms with Gasteiger partial charge in [0.15, 0.2) is 0 Å². The molecule has 0 aliphatic carbocycles. The summed E-state index contributed by atoms with van der Waals surface area (Å²) in [4.78, 5) is 11.6. The normalized spacial score (nSPS) is 12.6. The second-order valence-corrected chi connectivity index (χ2v) is 3.54. The Morgan fingerprint density at radius 3 is 2.53 bits per heavy atom. The first-order chi connectivity index (χ1) is 6.97. The summed E-state index contributed by atoms with van der Waals surface area (Å²) in [6.07, 6.45) is -0.455. The highest BCUT2D eigenvalue weighted by Gasteiger charge is 2.16. The van der Waals surface area contributed by atoms with E-state index in [1.165, 1.54) is 7.11 Å². The summed E-state index contributed by atoms with van der Waals surface area (Å²) in [5.74, 6) is -0.156. The van der Waals surface area contributed by atoms with Crippen LogP contribution in [0.5, 0.6) is 0 Å². The average molecular weight is 211 g/mol. The maximum atomic E-state index is 11.6. The van der Waals surface area contributed by atoms with Crippen molar-refractivity contribution in [2.45, 2.75) is 26.9 Å². The van der Waals surface area contributed by atoms with Crippen LogP contribution in [0.3, 0.4) is 0 Å². The molecular weight excluding hydrogens is 194 g/mol. The lowest BCUT2D eigenvalue weighted by molar-refractivity contribution is -0.124. The Bertz CT molecular complexity index is 371. The van der Waals surface area contributed by atoms with Crippen LogP contribution in [0.4, 0.5) is 5.69 Å². The van der Waals surface area contributed by atoms with Gasteiger partial charge in [0.05, 0.1) is 17.1 Å². The number of ether oxygens (including phenoxy) is 1. The van der Waals surface area contributed by atoms with Crippen molar-refractivity contribution < 1.29 is 9.53 Å². The van der Waals surface area contributed by atoms with Crippen LogP contribution in [0.15, 0.2) is 0 Å². The Morgan fingerprint density at radius 2 is 2.13 bits per heavy atom. The van der Waals surface area contributed by atoms with Crippen LogP contribution in [0.1, 0.15) is 18.3 Å². The maximum Gasteiger partial charge on any atom is 0.253 e. The lowest BCUT2D eigenvalue weighted by Gasteiger charge is -2.10. The van der Waals surface area contributed by atoms with Gasteiger partial charge in [0.1, 0.15) is 6.10 Å². The minimum absolute atomic E-state index is 0.156. The Hall–Kier alpha value is -1.36. The van der Waals surface area contributed by atoms with Crippen LogP contribution < -0.4 is 5.32 Å². The molecule has 1 unspecified atom stereocenters. The number of aryl methyl sites for hydroxylation is 2. The molecule has 1 N–H and O–H groups in total. The fourth-order valence-corrected chi connectivity index (χ4v) is 1.29. The van der Waals surface area contributed by atoms with Gasteiger partial charge >= 0.3 is 0 Å². The van der Waals surface area contributed by atoms with E-state index in [0.717, 1.165) is 17.1 Å². The number of anilines is 1. The molecule has 5 nitrogen and oxygen atoms in total. The fourth-order valence-electron chi connectivity index (χ4n) is 1.29. The van der Waals surface area contributed by atoms with Gasteiger partial charge < -0.3 is 10.1 Å². The van der Waals surface area contributed by atoms with Crippen molar-refractivity contribution in [1.29, 1.82) is 0 Å². The summed E-state index contributed by atoms with van der Waals surface area (Å²) in [5.41, 5.74) is 2.52. The smallest absolute Gasteiger partial charge is 0.253 e. The predicted octanol–water partition coefficient (Wildman–Crippen LogP) is 1.01. The molecule has 0 spiro atoms. The summed E-state index contributed by atoms with van der Waals surface area (Å²) in [6, 6.07) is 0. The van der Waals surface area contributed by atoms with Gasteiger partial charge in [-0.25, -0.2) is 0 Å². The van der Waals surface area contributed by atoms with E-state index >= 15 is 0 Å². The van der Waals surface area contributed by atoms with Gasteiger partial charge in [-0.3, -0.25) is 9.48 Å². The first-order valence-corrected chi connectivity index (χ1v) is 4.81. The summed E-state index contributed by atoms with van der Waals surface area (Å²) < 4.78 is 6.67.